The van der Waals surface area contributed by atoms with E-state index >= 15 is 0 Å². The van der Waals surface area contributed by atoms with Crippen LogP contribution in [0.25, 0.3) is 0 Å². The number of hydrogen-bond acceptors (Lipinski definition) is 2. The SMILES string of the molecule is CC(C)c1ccc(Cn2cnc(C=O)c2)cc1. The zero-order valence-corrected chi connectivity index (χ0v) is 10.1. The van der Waals surface area contributed by atoms with Gasteiger partial charge in [-0.25, -0.2) is 4.98 Å². The van der Waals surface area contributed by atoms with Crippen LogP contribution in [0.2, 0.25) is 0 Å². The summed E-state index contributed by atoms with van der Waals surface area (Å²) in [5.74, 6) is 0.555. The third-order valence-corrected chi connectivity index (χ3v) is 2.79. The predicted octanol–water partition coefficient (Wildman–Crippen LogP) is 2.87. The van der Waals surface area contributed by atoms with Crippen LogP contribution >= 0.6 is 0 Å². The number of imidazole rings is 1. The van der Waals surface area contributed by atoms with E-state index in [1.165, 1.54) is 11.1 Å². The molecular formula is C14H16N2O. The molecule has 0 saturated carbocycles. The van der Waals surface area contributed by atoms with Gasteiger partial charge in [0.25, 0.3) is 0 Å². The van der Waals surface area contributed by atoms with Crippen LogP contribution in [0.1, 0.15) is 41.4 Å². The number of carbonyl (C=O) groups excluding carboxylic acids is 1. The van der Waals surface area contributed by atoms with Crippen molar-refractivity contribution in [2.45, 2.75) is 26.3 Å². The first kappa shape index (κ1) is 11.6. The molecule has 0 spiro atoms. The van der Waals surface area contributed by atoms with E-state index in [9.17, 15) is 4.79 Å². The molecule has 3 nitrogen and oxygen atoms in total. The minimum atomic E-state index is 0.476. The lowest BCUT2D eigenvalue weighted by Crippen LogP contribution is -1.97. The van der Waals surface area contributed by atoms with Crippen molar-refractivity contribution in [1.82, 2.24) is 9.55 Å². The molecule has 0 amide bonds. The van der Waals surface area contributed by atoms with Crippen molar-refractivity contribution in [2.24, 2.45) is 0 Å². The van der Waals surface area contributed by atoms with E-state index in [-0.39, 0.29) is 0 Å². The van der Waals surface area contributed by atoms with E-state index in [0.29, 0.717) is 11.6 Å². The Hall–Kier alpha value is -1.90. The molecule has 0 N–H and O–H groups in total. The second kappa shape index (κ2) is 4.95. The molecule has 0 unspecified atom stereocenters. The zero-order chi connectivity index (χ0) is 12.3. The first-order chi connectivity index (χ1) is 8.19. The highest BCUT2D eigenvalue weighted by molar-refractivity contribution is 5.70. The number of rotatable bonds is 4. The van der Waals surface area contributed by atoms with Crippen LogP contribution in [0.15, 0.2) is 36.8 Å². The number of hydrogen-bond donors (Lipinski definition) is 0. The molecule has 0 aliphatic heterocycles. The maximum atomic E-state index is 10.5. The molecule has 0 radical (unpaired) electrons. The molecule has 0 saturated heterocycles. The van der Waals surface area contributed by atoms with Gasteiger partial charge >= 0.3 is 0 Å². The fourth-order valence-corrected chi connectivity index (χ4v) is 1.74. The van der Waals surface area contributed by atoms with Gasteiger partial charge in [0, 0.05) is 12.7 Å². The first-order valence-electron chi connectivity index (χ1n) is 5.75. The monoisotopic (exact) mass is 228 g/mol. The minimum Gasteiger partial charge on any atom is -0.332 e. The van der Waals surface area contributed by atoms with Crippen LogP contribution in [-0.2, 0) is 6.54 Å². The standard InChI is InChI=1S/C14H16N2O/c1-11(2)13-5-3-12(4-6-13)7-16-8-14(9-17)15-10-16/h3-6,8-11H,7H2,1-2H3. The van der Waals surface area contributed by atoms with Gasteiger partial charge in [-0.05, 0) is 17.0 Å². The minimum absolute atomic E-state index is 0.476. The van der Waals surface area contributed by atoms with Crippen LogP contribution in [0, 0.1) is 0 Å². The molecule has 17 heavy (non-hydrogen) atoms. The summed E-state index contributed by atoms with van der Waals surface area (Å²) in [5.41, 5.74) is 3.03. The Kier molecular flexibility index (Phi) is 3.38. The van der Waals surface area contributed by atoms with E-state index in [0.717, 1.165) is 12.8 Å². The first-order valence-corrected chi connectivity index (χ1v) is 5.75. The molecule has 0 atom stereocenters. The summed E-state index contributed by atoms with van der Waals surface area (Å²) in [6.07, 6.45) is 4.20. The summed E-state index contributed by atoms with van der Waals surface area (Å²) in [5, 5.41) is 0. The van der Waals surface area contributed by atoms with Gasteiger partial charge in [-0.3, -0.25) is 4.79 Å². The van der Waals surface area contributed by atoms with E-state index in [2.05, 4.69) is 43.1 Å². The Bertz CT molecular complexity index is 497. The fourth-order valence-electron chi connectivity index (χ4n) is 1.74. The van der Waals surface area contributed by atoms with E-state index < -0.39 is 0 Å². The van der Waals surface area contributed by atoms with Gasteiger partial charge in [-0.1, -0.05) is 38.1 Å². The third kappa shape index (κ3) is 2.81. The van der Waals surface area contributed by atoms with Crippen LogP contribution < -0.4 is 0 Å². The lowest BCUT2D eigenvalue weighted by molar-refractivity contribution is 0.111. The second-order valence-corrected chi connectivity index (χ2v) is 4.49. The summed E-state index contributed by atoms with van der Waals surface area (Å²) in [4.78, 5) is 14.5. The Morgan fingerprint density at radius 2 is 2.00 bits per heavy atom. The lowest BCUT2D eigenvalue weighted by Gasteiger charge is -2.07. The summed E-state index contributed by atoms with van der Waals surface area (Å²) in [6, 6.07) is 8.54. The van der Waals surface area contributed by atoms with Crippen molar-refractivity contribution in [2.75, 3.05) is 0 Å². The Balaban J connectivity index is 2.10. The maximum Gasteiger partial charge on any atom is 0.169 e. The number of nitrogens with zero attached hydrogens (tertiary/aromatic N) is 2. The van der Waals surface area contributed by atoms with Gasteiger partial charge < -0.3 is 4.57 Å². The highest BCUT2D eigenvalue weighted by Crippen LogP contribution is 2.15. The molecule has 1 aromatic carbocycles. The lowest BCUT2D eigenvalue weighted by atomic mass is 10.0. The maximum absolute atomic E-state index is 10.5. The number of benzene rings is 1. The van der Waals surface area contributed by atoms with Crippen molar-refractivity contribution in [3.05, 3.63) is 53.6 Å². The average Bonchev–Trinajstić information content (AvgIpc) is 2.77. The summed E-state index contributed by atoms with van der Waals surface area (Å²) in [6.45, 7) is 5.11. The van der Waals surface area contributed by atoms with Crippen LogP contribution in [0.3, 0.4) is 0 Å². The third-order valence-electron chi connectivity index (χ3n) is 2.79. The van der Waals surface area contributed by atoms with E-state index in [1.807, 2.05) is 4.57 Å². The molecule has 0 fully saturated rings. The van der Waals surface area contributed by atoms with Crippen LogP contribution in [-0.4, -0.2) is 15.8 Å². The molecule has 88 valence electrons. The molecule has 0 aliphatic carbocycles. The number of aldehydes is 1. The van der Waals surface area contributed by atoms with Gasteiger partial charge in [0.05, 0.1) is 6.33 Å². The Morgan fingerprint density at radius 1 is 1.29 bits per heavy atom. The molecule has 2 rings (SSSR count). The summed E-state index contributed by atoms with van der Waals surface area (Å²) >= 11 is 0. The molecule has 1 aromatic heterocycles. The normalized spacial score (nSPS) is 10.8. The molecular weight excluding hydrogens is 212 g/mol. The van der Waals surface area contributed by atoms with Gasteiger partial charge in [-0.15, -0.1) is 0 Å². The van der Waals surface area contributed by atoms with E-state index in [4.69, 9.17) is 0 Å². The summed E-state index contributed by atoms with van der Waals surface area (Å²) in [7, 11) is 0. The fraction of sp³-hybridized carbons (Fsp3) is 0.286. The van der Waals surface area contributed by atoms with Crippen molar-refractivity contribution in [3.63, 3.8) is 0 Å². The van der Waals surface area contributed by atoms with Crippen LogP contribution in [0.4, 0.5) is 0 Å². The smallest absolute Gasteiger partial charge is 0.169 e. The number of aromatic nitrogens is 2. The van der Waals surface area contributed by atoms with Crippen molar-refractivity contribution < 1.29 is 4.79 Å². The predicted molar refractivity (Wildman–Crippen MR) is 67.2 cm³/mol. The van der Waals surface area contributed by atoms with Gasteiger partial charge in [0.2, 0.25) is 0 Å². The second-order valence-electron chi connectivity index (χ2n) is 4.49. The van der Waals surface area contributed by atoms with Gasteiger partial charge in [0.15, 0.2) is 6.29 Å². The largest absolute Gasteiger partial charge is 0.332 e. The number of carbonyl (C=O) groups is 1. The molecule has 2 aromatic rings. The summed E-state index contributed by atoms with van der Waals surface area (Å²) < 4.78 is 1.91. The highest BCUT2D eigenvalue weighted by atomic mass is 16.1. The van der Waals surface area contributed by atoms with Crippen molar-refractivity contribution >= 4 is 6.29 Å². The van der Waals surface area contributed by atoms with Gasteiger partial charge in [0.1, 0.15) is 5.69 Å². The van der Waals surface area contributed by atoms with Crippen molar-refractivity contribution in [1.29, 1.82) is 0 Å². The molecule has 1 heterocycles. The Labute approximate surface area is 101 Å². The van der Waals surface area contributed by atoms with Crippen LogP contribution in [0.5, 0.6) is 0 Å². The van der Waals surface area contributed by atoms with E-state index in [1.54, 1.807) is 12.5 Å². The quantitative estimate of drug-likeness (QED) is 0.754. The van der Waals surface area contributed by atoms with Crippen molar-refractivity contribution in [3.8, 4) is 0 Å². The molecule has 0 bridgehead atoms. The molecule has 0 aliphatic rings. The molecule has 3 heteroatoms. The average molecular weight is 228 g/mol. The van der Waals surface area contributed by atoms with Gasteiger partial charge in [-0.2, -0.15) is 0 Å². The Morgan fingerprint density at radius 3 is 2.53 bits per heavy atom. The topological polar surface area (TPSA) is 34.9 Å². The zero-order valence-electron chi connectivity index (χ0n) is 10.1. The highest BCUT2D eigenvalue weighted by Gasteiger charge is 2.01.